The van der Waals surface area contributed by atoms with E-state index in [-0.39, 0.29) is 10.5 Å². The van der Waals surface area contributed by atoms with E-state index in [0.29, 0.717) is 5.76 Å². The summed E-state index contributed by atoms with van der Waals surface area (Å²) < 4.78 is 17.1. The molecule has 0 saturated carbocycles. The quantitative estimate of drug-likeness (QED) is 0.596. The van der Waals surface area contributed by atoms with Crippen molar-refractivity contribution in [2.75, 3.05) is 0 Å². The van der Waals surface area contributed by atoms with Crippen LogP contribution in [0.4, 0.5) is 4.39 Å². The molecular weight excluding hydrogens is 175 g/mol. The van der Waals surface area contributed by atoms with E-state index in [4.69, 9.17) is 4.42 Å². The molecule has 1 aromatic heterocycles. The second-order valence-corrected chi connectivity index (χ2v) is 2.20. The van der Waals surface area contributed by atoms with Crippen LogP contribution < -0.4 is 0 Å². The van der Waals surface area contributed by atoms with Crippen molar-refractivity contribution < 1.29 is 8.81 Å². The van der Waals surface area contributed by atoms with Crippen LogP contribution in [0.15, 0.2) is 15.2 Å². The van der Waals surface area contributed by atoms with Gasteiger partial charge >= 0.3 is 0 Å². The van der Waals surface area contributed by atoms with Crippen LogP contribution >= 0.6 is 15.9 Å². The highest BCUT2D eigenvalue weighted by Crippen LogP contribution is 2.18. The van der Waals surface area contributed by atoms with Crippen LogP contribution in [0.25, 0.3) is 0 Å². The Labute approximate surface area is 54.6 Å². The van der Waals surface area contributed by atoms with Crippen LogP contribution in [-0.2, 0) is 0 Å². The Kier molecular flexibility index (Phi) is 1.38. The number of hydrogen-bond donors (Lipinski definition) is 0. The molecule has 0 radical (unpaired) electrons. The average Bonchev–Trinajstić information content (AvgIpc) is 1.85. The molecule has 0 amide bonds. The van der Waals surface area contributed by atoms with Gasteiger partial charge in [0.05, 0.1) is 0 Å². The van der Waals surface area contributed by atoms with E-state index in [1.165, 1.54) is 6.07 Å². The SMILES string of the molecule is Cc1cc(F)c(Br)o1. The van der Waals surface area contributed by atoms with Gasteiger partial charge in [-0.3, -0.25) is 0 Å². The minimum atomic E-state index is -0.345. The van der Waals surface area contributed by atoms with E-state index in [1.807, 2.05) is 0 Å². The monoisotopic (exact) mass is 178 g/mol. The van der Waals surface area contributed by atoms with Gasteiger partial charge in [-0.15, -0.1) is 0 Å². The highest BCUT2D eigenvalue weighted by Gasteiger charge is 2.01. The maximum absolute atomic E-state index is 12.2. The molecule has 0 atom stereocenters. The second-order valence-electron chi connectivity index (χ2n) is 1.48. The Morgan fingerprint density at radius 1 is 1.75 bits per heavy atom. The molecule has 44 valence electrons. The van der Waals surface area contributed by atoms with Crippen LogP contribution in [0.3, 0.4) is 0 Å². The van der Waals surface area contributed by atoms with Crippen LogP contribution in [0.5, 0.6) is 0 Å². The molecule has 0 saturated heterocycles. The Hall–Kier alpha value is -0.310. The van der Waals surface area contributed by atoms with E-state index in [2.05, 4.69) is 15.9 Å². The van der Waals surface area contributed by atoms with Crippen LogP contribution in [0, 0.1) is 12.7 Å². The van der Waals surface area contributed by atoms with Gasteiger partial charge in [0.15, 0.2) is 5.82 Å². The van der Waals surface area contributed by atoms with Crippen molar-refractivity contribution >= 4 is 15.9 Å². The zero-order chi connectivity index (χ0) is 6.15. The lowest BCUT2D eigenvalue weighted by Crippen LogP contribution is -1.58. The Morgan fingerprint density at radius 3 is 2.50 bits per heavy atom. The fourth-order valence-corrected chi connectivity index (χ4v) is 0.825. The Morgan fingerprint density at radius 2 is 2.38 bits per heavy atom. The van der Waals surface area contributed by atoms with E-state index < -0.39 is 0 Å². The summed E-state index contributed by atoms with van der Waals surface area (Å²) in [6.07, 6.45) is 0. The molecule has 3 heteroatoms. The van der Waals surface area contributed by atoms with Crippen LogP contribution in [0.1, 0.15) is 5.76 Å². The molecule has 0 N–H and O–H groups in total. The normalized spacial score (nSPS) is 9.88. The summed E-state index contributed by atoms with van der Waals surface area (Å²) >= 11 is 2.87. The van der Waals surface area contributed by atoms with E-state index >= 15 is 0 Å². The van der Waals surface area contributed by atoms with Gasteiger partial charge in [-0.05, 0) is 22.9 Å². The predicted molar refractivity (Wildman–Crippen MR) is 31.1 cm³/mol. The fourth-order valence-electron chi connectivity index (χ4n) is 0.455. The maximum Gasteiger partial charge on any atom is 0.204 e. The summed E-state index contributed by atoms with van der Waals surface area (Å²) in [6, 6.07) is 1.32. The number of rotatable bonds is 0. The molecule has 0 unspecified atom stereocenters. The maximum atomic E-state index is 12.2. The summed E-state index contributed by atoms with van der Waals surface area (Å²) in [7, 11) is 0. The number of hydrogen-bond acceptors (Lipinski definition) is 1. The largest absolute Gasteiger partial charge is 0.451 e. The molecular formula is C5H4BrFO. The summed E-state index contributed by atoms with van der Waals surface area (Å²) in [5, 5.41) is 0. The lowest BCUT2D eigenvalue weighted by molar-refractivity contribution is 0.484. The Balaban J connectivity index is 3.14. The molecule has 1 nitrogen and oxygen atoms in total. The molecule has 0 aliphatic rings. The van der Waals surface area contributed by atoms with Crippen molar-refractivity contribution in [3.8, 4) is 0 Å². The van der Waals surface area contributed by atoms with E-state index in [0.717, 1.165) is 0 Å². The number of aryl methyl sites for hydroxylation is 1. The third kappa shape index (κ3) is 0.916. The van der Waals surface area contributed by atoms with Gasteiger partial charge in [0.1, 0.15) is 5.76 Å². The van der Waals surface area contributed by atoms with Gasteiger partial charge in [0.2, 0.25) is 4.67 Å². The molecule has 0 aliphatic heterocycles. The molecule has 0 fully saturated rings. The average molecular weight is 179 g/mol. The highest BCUT2D eigenvalue weighted by atomic mass is 79.9. The molecule has 1 rings (SSSR count). The topological polar surface area (TPSA) is 13.1 Å². The van der Waals surface area contributed by atoms with E-state index in [9.17, 15) is 4.39 Å². The van der Waals surface area contributed by atoms with Gasteiger partial charge in [-0.1, -0.05) is 0 Å². The molecule has 1 aromatic rings. The molecule has 0 aromatic carbocycles. The standard InChI is InChI=1S/C5H4BrFO/c1-3-2-4(7)5(6)8-3/h2H,1H3. The van der Waals surface area contributed by atoms with Crippen molar-refractivity contribution in [3.63, 3.8) is 0 Å². The first kappa shape index (κ1) is 5.82. The van der Waals surface area contributed by atoms with Crippen molar-refractivity contribution in [3.05, 3.63) is 22.3 Å². The smallest absolute Gasteiger partial charge is 0.204 e. The zero-order valence-electron chi connectivity index (χ0n) is 4.24. The van der Waals surface area contributed by atoms with Crippen molar-refractivity contribution in [2.24, 2.45) is 0 Å². The molecule has 8 heavy (non-hydrogen) atoms. The van der Waals surface area contributed by atoms with Gasteiger partial charge in [-0.2, -0.15) is 0 Å². The van der Waals surface area contributed by atoms with Gasteiger partial charge in [-0.25, -0.2) is 4.39 Å². The molecule has 0 aliphatic carbocycles. The summed E-state index contributed by atoms with van der Waals surface area (Å²) in [4.78, 5) is 0. The third-order valence-corrected chi connectivity index (χ3v) is 1.31. The van der Waals surface area contributed by atoms with Crippen molar-refractivity contribution in [1.29, 1.82) is 0 Å². The first-order valence-corrected chi connectivity index (χ1v) is 2.91. The summed E-state index contributed by atoms with van der Waals surface area (Å²) in [5.74, 6) is 0.233. The van der Waals surface area contributed by atoms with Crippen LogP contribution in [-0.4, -0.2) is 0 Å². The highest BCUT2D eigenvalue weighted by molar-refractivity contribution is 9.10. The summed E-state index contributed by atoms with van der Waals surface area (Å²) in [6.45, 7) is 1.69. The summed E-state index contributed by atoms with van der Waals surface area (Å²) in [5.41, 5.74) is 0. The third-order valence-electron chi connectivity index (χ3n) is 0.768. The van der Waals surface area contributed by atoms with Crippen molar-refractivity contribution in [1.82, 2.24) is 0 Å². The molecule has 0 bridgehead atoms. The first-order valence-electron chi connectivity index (χ1n) is 2.11. The predicted octanol–water partition coefficient (Wildman–Crippen LogP) is 2.49. The lowest BCUT2D eigenvalue weighted by Gasteiger charge is -1.75. The minimum Gasteiger partial charge on any atom is -0.451 e. The van der Waals surface area contributed by atoms with E-state index in [1.54, 1.807) is 6.92 Å². The minimum absolute atomic E-state index is 0.176. The fraction of sp³-hybridized carbons (Fsp3) is 0.200. The van der Waals surface area contributed by atoms with Gasteiger partial charge in [0.25, 0.3) is 0 Å². The Bertz CT molecular complexity index is 175. The lowest BCUT2D eigenvalue weighted by atomic mass is 10.5. The first-order chi connectivity index (χ1) is 3.70. The molecule has 1 heterocycles. The van der Waals surface area contributed by atoms with Crippen LogP contribution in [0.2, 0.25) is 0 Å². The molecule has 0 spiro atoms. The van der Waals surface area contributed by atoms with Gasteiger partial charge in [0, 0.05) is 6.07 Å². The van der Waals surface area contributed by atoms with Gasteiger partial charge < -0.3 is 4.42 Å². The number of furan rings is 1. The number of halogens is 2. The second kappa shape index (κ2) is 1.90. The zero-order valence-corrected chi connectivity index (χ0v) is 5.83. The van der Waals surface area contributed by atoms with Crippen molar-refractivity contribution in [2.45, 2.75) is 6.92 Å².